The van der Waals surface area contributed by atoms with E-state index in [4.69, 9.17) is 11.5 Å². The van der Waals surface area contributed by atoms with E-state index in [2.05, 4.69) is 10.3 Å². The van der Waals surface area contributed by atoms with Gasteiger partial charge in [0.2, 0.25) is 0 Å². The highest BCUT2D eigenvalue weighted by molar-refractivity contribution is 5.96. The number of carboxylic acid groups (broad SMARTS) is 1. The van der Waals surface area contributed by atoms with Crippen LogP contribution in [-0.4, -0.2) is 40.1 Å². The van der Waals surface area contributed by atoms with Crippen molar-refractivity contribution in [3.8, 4) is 0 Å². The highest BCUT2D eigenvalue weighted by atomic mass is 16.4. The quantitative estimate of drug-likeness (QED) is 0.226. The van der Waals surface area contributed by atoms with Crippen LogP contribution in [0, 0.1) is 0 Å². The van der Waals surface area contributed by atoms with Gasteiger partial charge in [0.05, 0.1) is 6.54 Å². The van der Waals surface area contributed by atoms with Gasteiger partial charge in [-0.25, -0.2) is 4.79 Å². The van der Waals surface area contributed by atoms with Crippen LogP contribution in [0.2, 0.25) is 0 Å². The van der Waals surface area contributed by atoms with E-state index in [1.54, 1.807) is 12.3 Å². The predicted molar refractivity (Wildman–Crippen MR) is 123 cm³/mol. The fraction of sp³-hybridized carbons (Fsp3) is 0.217. The first-order valence-corrected chi connectivity index (χ1v) is 10.1. The number of rotatable bonds is 9. The van der Waals surface area contributed by atoms with Gasteiger partial charge >= 0.3 is 5.97 Å². The standard InChI is InChI=1S/C23H25N5O4/c24-23(25)26-12-4-11-19(22(31)32)27-20(29)18-10-5-13-28(21(18)30)14-16-8-3-7-15-6-1-2-9-17(15)16/h1-3,5-10,13,19H,4,11-12,14H2,(H,27,29)(H,31,32)(H4,24,25,26)/t19-/m0/s1. The van der Waals surface area contributed by atoms with Gasteiger partial charge in [0.15, 0.2) is 5.96 Å². The zero-order valence-corrected chi connectivity index (χ0v) is 17.4. The lowest BCUT2D eigenvalue weighted by molar-refractivity contribution is -0.139. The number of fused-ring (bicyclic) bond motifs is 1. The van der Waals surface area contributed by atoms with E-state index in [-0.39, 0.29) is 31.0 Å². The Balaban J connectivity index is 1.78. The molecule has 0 aliphatic rings. The van der Waals surface area contributed by atoms with E-state index in [0.717, 1.165) is 16.3 Å². The monoisotopic (exact) mass is 435 g/mol. The summed E-state index contributed by atoms with van der Waals surface area (Å²) in [6.07, 6.45) is 2.08. The van der Waals surface area contributed by atoms with Gasteiger partial charge in [-0.05, 0) is 41.3 Å². The van der Waals surface area contributed by atoms with Crippen molar-refractivity contribution in [2.45, 2.75) is 25.4 Å². The Kier molecular flexibility index (Phi) is 7.22. The van der Waals surface area contributed by atoms with E-state index in [1.165, 1.54) is 10.6 Å². The molecule has 9 heteroatoms. The van der Waals surface area contributed by atoms with Crippen LogP contribution in [0.4, 0.5) is 0 Å². The Labute approximate surface area is 184 Å². The van der Waals surface area contributed by atoms with Crippen LogP contribution in [0.1, 0.15) is 28.8 Å². The molecule has 1 atom stereocenters. The summed E-state index contributed by atoms with van der Waals surface area (Å²) >= 11 is 0. The molecule has 0 unspecified atom stereocenters. The van der Waals surface area contributed by atoms with Crippen molar-refractivity contribution in [3.05, 3.63) is 82.3 Å². The van der Waals surface area contributed by atoms with Crippen molar-refractivity contribution in [3.63, 3.8) is 0 Å². The molecule has 3 aromatic rings. The summed E-state index contributed by atoms with van der Waals surface area (Å²) in [6.45, 7) is 0.521. The Hall–Kier alpha value is -4.14. The van der Waals surface area contributed by atoms with E-state index < -0.39 is 23.5 Å². The molecule has 1 amide bonds. The lowest BCUT2D eigenvalue weighted by Crippen LogP contribution is -2.43. The van der Waals surface area contributed by atoms with E-state index in [1.807, 2.05) is 42.5 Å². The first-order valence-electron chi connectivity index (χ1n) is 10.1. The maximum absolute atomic E-state index is 12.9. The molecule has 0 fully saturated rings. The zero-order chi connectivity index (χ0) is 23.1. The second-order valence-electron chi connectivity index (χ2n) is 7.31. The first kappa shape index (κ1) is 22.5. The number of aromatic nitrogens is 1. The number of guanidine groups is 1. The summed E-state index contributed by atoms with van der Waals surface area (Å²) < 4.78 is 1.44. The van der Waals surface area contributed by atoms with Crippen molar-refractivity contribution >= 4 is 28.6 Å². The molecule has 9 nitrogen and oxygen atoms in total. The minimum Gasteiger partial charge on any atom is -0.480 e. The molecule has 2 aromatic carbocycles. The number of benzene rings is 2. The molecule has 32 heavy (non-hydrogen) atoms. The smallest absolute Gasteiger partial charge is 0.326 e. The molecule has 6 N–H and O–H groups in total. The number of carbonyl (C=O) groups is 2. The summed E-state index contributed by atoms with van der Waals surface area (Å²) in [5, 5.41) is 13.9. The fourth-order valence-electron chi connectivity index (χ4n) is 3.44. The second-order valence-corrected chi connectivity index (χ2v) is 7.31. The van der Waals surface area contributed by atoms with Crippen LogP contribution in [0.3, 0.4) is 0 Å². The molecule has 0 saturated carbocycles. The van der Waals surface area contributed by atoms with Gasteiger partial charge in [-0.2, -0.15) is 0 Å². The number of hydrogen-bond donors (Lipinski definition) is 4. The van der Waals surface area contributed by atoms with Gasteiger partial charge in [-0.15, -0.1) is 0 Å². The first-order chi connectivity index (χ1) is 15.4. The summed E-state index contributed by atoms with van der Waals surface area (Å²) in [4.78, 5) is 41.0. The van der Waals surface area contributed by atoms with Crippen LogP contribution in [0.25, 0.3) is 10.8 Å². The number of aliphatic imine (C=N–C) groups is 1. The number of carboxylic acids is 1. The molecule has 166 valence electrons. The van der Waals surface area contributed by atoms with Crippen LogP contribution >= 0.6 is 0 Å². The van der Waals surface area contributed by atoms with E-state index >= 15 is 0 Å². The van der Waals surface area contributed by atoms with E-state index in [9.17, 15) is 19.5 Å². The molecule has 0 spiro atoms. The van der Waals surface area contributed by atoms with Gasteiger partial charge in [-0.1, -0.05) is 42.5 Å². The average Bonchev–Trinajstić information content (AvgIpc) is 2.77. The number of nitrogens with zero attached hydrogens (tertiary/aromatic N) is 2. The second kappa shape index (κ2) is 10.3. The molecule has 0 aliphatic carbocycles. The number of amides is 1. The summed E-state index contributed by atoms with van der Waals surface area (Å²) in [5.41, 5.74) is 10.8. The molecule has 1 heterocycles. The summed E-state index contributed by atoms with van der Waals surface area (Å²) in [5.74, 6) is -2.02. The minimum atomic E-state index is -1.20. The van der Waals surface area contributed by atoms with Gasteiger partial charge in [0, 0.05) is 12.7 Å². The molecule has 0 radical (unpaired) electrons. The Bertz CT molecular complexity index is 1210. The van der Waals surface area contributed by atoms with Crippen LogP contribution in [0.5, 0.6) is 0 Å². The predicted octanol–water partition coefficient (Wildman–Crippen LogP) is 1.29. The molecule has 0 bridgehead atoms. The van der Waals surface area contributed by atoms with Crippen LogP contribution < -0.4 is 22.3 Å². The maximum Gasteiger partial charge on any atom is 0.326 e. The Morgan fingerprint density at radius 3 is 2.56 bits per heavy atom. The molecular formula is C23H25N5O4. The third kappa shape index (κ3) is 5.51. The van der Waals surface area contributed by atoms with Gasteiger partial charge in [0.25, 0.3) is 11.5 Å². The molecule has 0 aliphatic heterocycles. The number of nitrogens with one attached hydrogen (secondary N) is 1. The highest BCUT2D eigenvalue weighted by Crippen LogP contribution is 2.19. The Morgan fingerprint density at radius 2 is 1.81 bits per heavy atom. The maximum atomic E-state index is 12.9. The lowest BCUT2D eigenvalue weighted by atomic mass is 10.0. The largest absolute Gasteiger partial charge is 0.480 e. The highest BCUT2D eigenvalue weighted by Gasteiger charge is 2.22. The number of pyridine rings is 1. The number of carbonyl (C=O) groups excluding carboxylic acids is 1. The molecule has 0 saturated heterocycles. The topological polar surface area (TPSA) is 153 Å². The third-order valence-corrected chi connectivity index (χ3v) is 5.03. The normalized spacial score (nSPS) is 11.6. The molecule has 3 rings (SSSR count). The van der Waals surface area contributed by atoms with Gasteiger partial charge in [0.1, 0.15) is 11.6 Å². The van der Waals surface area contributed by atoms with E-state index in [0.29, 0.717) is 6.42 Å². The number of nitrogens with two attached hydrogens (primary N) is 2. The van der Waals surface area contributed by atoms with Gasteiger partial charge < -0.3 is 26.5 Å². The SMILES string of the molecule is NC(N)=NCCC[C@H](NC(=O)c1cccn(Cc2cccc3ccccc23)c1=O)C(=O)O. The lowest BCUT2D eigenvalue weighted by Gasteiger charge is -2.15. The number of aliphatic carboxylic acids is 1. The summed E-state index contributed by atoms with van der Waals surface area (Å²) in [6, 6.07) is 15.5. The van der Waals surface area contributed by atoms with Gasteiger partial charge in [-0.3, -0.25) is 14.6 Å². The van der Waals surface area contributed by atoms with Crippen LogP contribution in [-0.2, 0) is 11.3 Å². The third-order valence-electron chi connectivity index (χ3n) is 5.03. The Morgan fingerprint density at radius 1 is 1.06 bits per heavy atom. The van der Waals surface area contributed by atoms with Crippen LogP contribution in [0.15, 0.2) is 70.6 Å². The number of hydrogen-bond acceptors (Lipinski definition) is 4. The minimum absolute atomic E-state index is 0.0862. The fourth-order valence-corrected chi connectivity index (χ4v) is 3.44. The molecular weight excluding hydrogens is 410 g/mol. The van der Waals surface area contributed by atoms with Crippen molar-refractivity contribution < 1.29 is 14.7 Å². The van der Waals surface area contributed by atoms with Crippen molar-refractivity contribution in [2.75, 3.05) is 6.54 Å². The average molecular weight is 435 g/mol. The van der Waals surface area contributed by atoms with Crippen molar-refractivity contribution in [1.29, 1.82) is 0 Å². The molecule has 1 aromatic heterocycles. The van der Waals surface area contributed by atoms with Crippen molar-refractivity contribution in [2.24, 2.45) is 16.5 Å². The summed E-state index contributed by atoms with van der Waals surface area (Å²) in [7, 11) is 0. The zero-order valence-electron chi connectivity index (χ0n) is 17.4. The van der Waals surface area contributed by atoms with Crippen molar-refractivity contribution in [1.82, 2.24) is 9.88 Å².